The lowest BCUT2D eigenvalue weighted by Gasteiger charge is -2.11. The van der Waals surface area contributed by atoms with Crippen molar-refractivity contribution in [2.24, 2.45) is 0 Å². The standard InChI is InChI=1S/C11H13FO2/c1-7(2)14-11-5-9(6-13)8(3)4-10(11)12/h4-7H,1-3H3. The van der Waals surface area contributed by atoms with Gasteiger partial charge in [-0.3, -0.25) is 4.79 Å². The van der Waals surface area contributed by atoms with Gasteiger partial charge >= 0.3 is 0 Å². The Morgan fingerprint density at radius 1 is 1.43 bits per heavy atom. The Morgan fingerprint density at radius 2 is 2.07 bits per heavy atom. The third-order valence-electron chi connectivity index (χ3n) is 1.81. The van der Waals surface area contributed by atoms with E-state index in [2.05, 4.69) is 0 Å². The van der Waals surface area contributed by atoms with Crippen LogP contribution in [0, 0.1) is 12.7 Å². The van der Waals surface area contributed by atoms with Crippen LogP contribution in [-0.2, 0) is 0 Å². The molecule has 0 radical (unpaired) electrons. The molecule has 2 nitrogen and oxygen atoms in total. The van der Waals surface area contributed by atoms with Crippen molar-refractivity contribution in [3.05, 3.63) is 29.1 Å². The van der Waals surface area contributed by atoms with Crippen molar-refractivity contribution in [1.29, 1.82) is 0 Å². The zero-order chi connectivity index (χ0) is 10.7. The van der Waals surface area contributed by atoms with Crippen molar-refractivity contribution < 1.29 is 13.9 Å². The van der Waals surface area contributed by atoms with Gasteiger partial charge in [-0.15, -0.1) is 0 Å². The average molecular weight is 196 g/mol. The zero-order valence-corrected chi connectivity index (χ0v) is 8.50. The molecule has 0 N–H and O–H groups in total. The molecule has 1 aromatic carbocycles. The number of ether oxygens (including phenoxy) is 1. The predicted molar refractivity (Wildman–Crippen MR) is 52.3 cm³/mol. The molecular weight excluding hydrogens is 183 g/mol. The molecule has 0 aliphatic heterocycles. The summed E-state index contributed by atoms with van der Waals surface area (Å²) in [5.74, 6) is -0.297. The number of halogens is 1. The summed E-state index contributed by atoms with van der Waals surface area (Å²) in [4.78, 5) is 10.6. The van der Waals surface area contributed by atoms with E-state index in [0.29, 0.717) is 17.4 Å². The molecule has 3 heteroatoms. The quantitative estimate of drug-likeness (QED) is 0.695. The Hall–Kier alpha value is -1.38. The fourth-order valence-corrected chi connectivity index (χ4v) is 1.14. The fourth-order valence-electron chi connectivity index (χ4n) is 1.14. The van der Waals surface area contributed by atoms with Crippen LogP contribution in [-0.4, -0.2) is 12.4 Å². The minimum Gasteiger partial charge on any atom is -0.488 e. The Morgan fingerprint density at radius 3 is 2.57 bits per heavy atom. The summed E-state index contributed by atoms with van der Waals surface area (Å²) in [5, 5.41) is 0. The minimum atomic E-state index is -0.429. The summed E-state index contributed by atoms with van der Waals surface area (Å²) in [6, 6.07) is 2.74. The molecule has 0 saturated heterocycles. The van der Waals surface area contributed by atoms with Crippen LogP contribution in [0.5, 0.6) is 5.75 Å². The number of aryl methyl sites for hydroxylation is 1. The number of hydrogen-bond acceptors (Lipinski definition) is 2. The maximum Gasteiger partial charge on any atom is 0.165 e. The molecule has 14 heavy (non-hydrogen) atoms. The van der Waals surface area contributed by atoms with Crippen LogP contribution in [0.15, 0.2) is 12.1 Å². The predicted octanol–water partition coefficient (Wildman–Crippen LogP) is 2.73. The van der Waals surface area contributed by atoms with Gasteiger partial charge in [-0.25, -0.2) is 4.39 Å². The van der Waals surface area contributed by atoms with E-state index in [1.807, 2.05) is 0 Å². The second kappa shape index (κ2) is 4.22. The van der Waals surface area contributed by atoms with Crippen LogP contribution in [0.3, 0.4) is 0 Å². The molecule has 1 aromatic rings. The lowest BCUT2D eigenvalue weighted by atomic mass is 10.1. The van der Waals surface area contributed by atoms with E-state index < -0.39 is 5.82 Å². The van der Waals surface area contributed by atoms with E-state index in [9.17, 15) is 9.18 Å². The van der Waals surface area contributed by atoms with E-state index in [4.69, 9.17) is 4.74 Å². The minimum absolute atomic E-state index is 0.105. The van der Waals surface area contributed by atoms with Crippen LogP contribution in [0.1, 0.15) is 29.8 Å². The number of carbonyl (C=O) groups excluding carboxylic acids is 1. The summed E-state index contributed by atoms with van der Waals surface area (Å²) >= 11 is 0. The van der Waals surface area contributed by atoms with Crippen molar-refractivity contribution in [2.45, 2.75) is 26.9 Å². The number of benzene rings is 1. The largest absolute Gasteiger partial charge is 0.488 e. The summed E-state index contributed by atoms with van der Waals surface area (Å²) in [5.41, 5.74) is 1.08. The van der Waals surface area contributed by atoms with E-state index in [1.165, 1.54) is 12.1 Å². The fraction of sp³-hybridized carbons (Fsp3) is 0.364. The third kappa shape index (κ3) is 2.31. The number of rotatable bonds is 3. The normalized spacial score (nSPS) is 10.4. The number of aldehydes is 1. The van der Waals surface area contributed by atoms with E-state index in [-0.39, 0.29) is 11.9 Å². The van der Waals surface area contributed by atoms with Gasteiger partial charge < -0.3 is 4.74 Å². The first-order valence-electron chi connectivity index (χ1n) is 4.46. The molecule has 0 aliphatic carbocycles. The lowest BCUT2D eigenvalue weighted by molar-refractivity contribution is 0.112. The van der Waals surface area contributed by atoms with Gasteiger partial charge in [0.15, 0.2) is 11.6 Å². The molecule has 0 spiro atoms. The molecule has 0 amide bonds. The van der Waals surface area contributed by atoms with Gasteiger partial charge in [-0.05, 0) is 38.5 Å². The Balaban J connectivity index is 3.10. The first-order valence-corrected chi connectivity index (χ1v) is 4.46. The summed E-state index contributed by atoms with van der Waals surface area (Å²) < 4.78 is 18.5. The SMILES string of the molecule is Cc1cc(F)c(OC(C)C)cc1C=O. The van der Waals surface area contributed by atoms with Crippen LogP contribution >= 0.6 is 0 Å². The maximum atomic E-state index is 13.3. The highest BCUT2D eigenvalue weighted by Crippen LogP contribution is 2.22. The molecule has 0 saturated carbocycles. The highest BCUT2D eigenvalue weighted by atomic mass is 19.1. The van der Waals surface area contributed by atoms with Crippen LogP contribution in [0.25, 0.3) is 0 Å². The van der Waals surface area contributed by atoms with E-state index >= 15 is 0 Å². The van der Waals surface area contributed by atoms with Gasteiger partial charge in [0, 0.05) is 5.56 Å². The topological polar surface area (TPSA) is 26.3 Å². The Bertz CT molecular complexity index is 345. The van der Waals surface area contributed by atoms with Crippen LogP contribution < -0.4 is 4.74 Å². The molecule has 0 fully saturated rings. The van der Waals surface area contributed by atoms with Crippen LogP contribution in [0.2, 0.25) is 0 Å². The second-order valence-electron chi connectivity index (χ2n) is 3.42. The van der Waals surface area contributed by atoms with Gasteiger partial charge in [0.2, 0.25) is 0 Å². The highest BCUT2D eigenvalue weighted by Gasteiger charge is 2.09. The van der Waals surface area contributed by atoms with Crippen molar-refractivity contribution in [3.63, 3.8) is 0 Å². The second-order valence-corrected chi connectivity index (χ2v) is 3.42. The summed E-state index contributed by atoms with van der Waals surface area (Å²) in [7, 11) is 0. The Kier molecular flexibility index (Phi) is 3.23. The lowest BCUT2D eigenvalue weighted by Crippen LogP contribution is -2.07. The maximum absolute atomic E-state index is 13.3. The van der Waals surface area contributed by atoms with Gasteiger partial charge in [0.1, 0.15) is 6.29 Å². The molecule has 0 atom stereocenters. The molecule has 0 aromatic heterocycles. The van der Waals surface area contributed by atoms with E-state index in [1.54, 1.807) is 20.8 Å². The van der Waals surface area contributed by atoms with Gasteiger partial charge in [0.05, 0.1) is 6.10 Å². The third-order valence-corrected chi connectivity index (χ3v) is 1.81. The monoisotopic (exact) mass is 196 g/mol. The van der Waals surface area contributed by atoms with Gasteiger partial charge in [-0.1, -0.05) is 0 Å². The van der Waals surface area contributed by atoms with Crippen molar-refractivity contribution in [2.75, 3.05) is 0 Å². The summed E-state index contributed by atoms with van der Waals surface area (Å²) in [6.07, 6.45) is 0.591. The molecule has 0 heterocycles. The van der Waals surface area contributed by atoms with Crippen molar-refractivity contribution in [3.8, 4) is 5.75 Å². The Labute approximate surface area is 82.7 Å². The van der Waals surface area contributed by atoms with Crippen molar-refractivity contribution in [1.82, 2.24) is 0 Å². The molecular formula is C11H13FO2. The molecule has 76 valence electrons. The summed E-state index contributed by atoms with van der Waals surface area (Å²) in [6.45, 7) is 5.30. The molecule has 1 rings (SSSR count). The average Bonchev–Trinajstić information content (AvgIpc) is 2.09. The molecule has 0 aliphatic rings. The van der Waals surface area contributed by atoms with E-state index in [0.717, 1.165) is 0 Å². The zero-order valence-electron chi connectivity index (χ0n) is 8.50. The molecule has 0 bridgehead atoms. The van der Waals surface area contributed by atoms with Gasteiger partial charge in [0.25, 0.3) is 0 Å². The highest BCUT2D eigenvalue weighted by molar-refractivity contribution is 5.78. The first kappa shape index (κ1) is 10.7. The smallest absolute Gasteiger partial charge is 0.165 e. The molecule has 0 unspecified atom stereocenters. The number of carbonyl (C=O) groups is 1. The van der Waals surface area contributed by atoms with Gasteiger partial charge in [-0.2, -0.15) is 0 Å². The van der Waals surface area contributed by atoms with Crippen LogP contribution in [0.4, 0.5) is 4.39 Å². The van der Waals surface area contributed by atoms with Crippen molar-refractivity contribution >= 4 is 6.29 Å². The number of hydrogen-bond donors (Lipinski definition) is 0. The first-order chi connectivity index (χ1) is 6.54.